The van der Waals surface area contributed by atoms with Gasteiger partial charge in [0.25, 0.3) is 0 Å². The second-order valence-corrected chi connectivity index (χ2v) is 7.92. The van der Waals surface area contributed by atoms with Crippen LogP contribution in [0.3, 0.4) is 0 Å². The van der Waals surface area contributed by atoms with E-state index in [0.29, 0.717) is 23.1 Å². The molecular formula is C15H19ClN2O2S. The molecule has 0 bridgehead atoms. The average molecular weight is 327 g/mol. The molecule has 2 unspecified atom stereocenters. The van der Waals surface area contributed by atoms with Gasteiger partial charge in [-0.1, -0.05) is 30.7 Å². The average Bonchev–Trinajstić information content (AvgIpc) is 3.20. The van der Waals surface area contributed by atoms with E-state index in [1.807, 2.05) is 36.1 Å². The van der Waals surface area contributed by atoms with Gasteiger partial charge in [0.2, 0.25) is 5.91 Å². The smallest absolute Gasteiger partial charge is 0.244 e. The molecular weight excluding hydrogens is 308 g/mol. The van der Waals surface area contributed by atoms with E-state index in [0.717, 1.165) is 18.4 Å². The summed E-state index contributed by atoms with van der Waals surface area (Å²) in [7, 11) is -0.866. The number of nitrogens with one attached hydrogen (secondary N) is 1. The number of nitrogens with zero attached hydrogens (tertiary/aromatic N) is 1. The monoisotopic (exact) mass is 326 g/mol. The van der Waals surface area contributed by atoms with Crippen LogP contribution in [-0.2, 0) is 15.6 Å². The van der Waals surface area contributed by atoms with Gasteiger partial charge in [-0.2, -0.15) is 0 Å². The molecule has 2 atom stereocenters. The Balaban J connectivity index is 1.83. The summed E-state index contributed by atoms with van der Waals surface area (Å²) < 4.78 is 11.7. The predicted molar refractivity (Wildman–Crippen MR) is 84.6 cm³/mol. The first kappa shape index (κ1) is 15.0. The highest BCUT2D eigenvalue weighted by Crippen LogP contribution is 2.45. The minimum absolute atomic E-state index is 0.139. The Labute approximate surface area is 132 Å². The Hall–Kier alpha value is -0.910. The lowest BCUT2D eigenvalue weighted by Gasteiger charge is -2.24. The van der Waals surface area contributed by atoms with Gasteiger partial charge >= 0.3 is 0 Å². The van der Waals surface area contributed by atoms with Crippen molar-refractivity contribution in [1.29, 1.82) is 0 Å². The maximum Gasteiger partial charge on any atom is 0.244 e. The summed E-state index contributed by atoms with van der Waals surface area (Å²) in [5.41, 5.74) is 0.614. The molecule has 1 N–H and O–H groups in total. The third kappa shape index (κ3) is 2.87. The number of carbonyl (C=O) groups excluding carboxylic acids is 1. The maximum atomic E-state index is 12.6. The van der Waals surface area contributed by atoms with Crippen LogP contribution in [-0.4, -0.2) is 38.6 Å². The van der Waals surface area contributed by atoms with Crippen LogP contribution in [0.1, 0.15) is 31.5 Å². The van der Waals surface area contributed by atoms with E-state index in [2.05, 4.69) is 5.32 Å². The molecule has 1 amide bonds. The molecule has 0 aromatic heterocycles. The van der Waals surface area contributed by atoms with E-state index >= 15 is 0 Å². The summed E-state index contributed by atoms with van der Waals surface area (Å²) >= 11 is 6.06. The van der Waals surface area contributed by atoms with Crippen molar-refractivity contribution < 1.29 is 9.00 Å². The molecule has 3 rings (SSSR count). The van der Waals surface area contributed by atoms with Gasteiger partial charge in [-0.25, -0.2) is 0 Å². The second-order valence-electron chi connectivity index (χ2n) is 5.62. The van der Waals surface area contributed by atoms with E-state index < -0.39 is 10.8 Å². The van der Waals surface area contributed by atoms with Gasteiger partial charge in [0.1, 0.15) is 11.7 Å². The minimum atomic E-state index is -0.866. The molecule has 1 aromatic rings. The summed E-state index contributed by atoms with van der Waals surface area (Å²) in [5, 5.41) is 4.11. The van der Waals surface area contributed by atoms with Crippen LogP contribution in [0.2, 0.25) is 5.02 Å². The Morgan fingerprint density at radius 3 is 2.86 bits per heavy atom. The molecule has 1 aromatic carbocycles. The zero-order valence-electron chi connectivity index (χ0n) is 12.0. The summed E-state index contributed by atoms with van der Waals surface area (Å²) in [6.07, 6.45) is 1.61. The van der Waals surface area contributed by atoms with Crippen molar-refractivity contribution in [3.05, 3.63) is 34.9 Å². The van der Waals surface area contributed by atoms with Crippen molar-refractivity contribution in [2.45, 2.75) is 31.5 Å². The van der Waals surface area contributed by atoms with Crippen LogP contribution in [0.15, 0.2) is 24.3 Å². The van der Waals surface area contributed by atoms with E-state index in [-0.39, 0.29) is 17.6 Å². The predicted octanol–water partition coefficient (Wildman–Crippen LogP) is 2.07. The first-order chi connectivity index (χ1) is 10.1. The number of carbonyl (C=O) groups is 1. The topological polar surface area (TPSA) is 49.4 Å². The van der Waals surface area contributed by atoms with Crippen molar-refractivity contribution in [3.63, 3.8) is 0 Å². The molecule has 4 nitrogen and oxygen atoms in total. The van der Waals surface area contributed by atoms with E-state index in [4.69, 9.17) is 11.6 Å². The van der Waals surface area contributed by atoms with Gasteiger partial charge in [0, 0.05) is 33.9 Å². The van der Waals surface area contributed by atoms with E-state index in [9.17, 15) is 9.00 Å². The van der Waals surface area contributed by atoms with Crippen LogP contribution >= 0.6 is 11.6 Å². The molecule has 114 valence electrons. The Morgan fingerprint density at radius 1 is 1.48 bits per heavy atom. The lowest BCUT2D eigenvalue weighted by atomic mass is 10.1. The lowest BCUT2D eigenvalue weighted by molar-refractivity contribution is -0.130. The van der Waals surface area contributed by atoms with Crippen LogP contribution < -0.4 is 5.32 Å². The van der Waals surface area contributed by atoms with Crippen LogP contribution in [0.5, 0.6) is 0 Å². The molecule has 2 fully saturated rings. The third-order valence-electron chi connectivity index (χ3n) is 4.19. The molecule has 0 radical (unpaired) electrons. The Kier molecular flexibility index (Phi) is 4.08. The summed E-state index contributed by atoms with van der Waals surface area (Å²) in [4.78, 5) is 14.4. The molecule has 1 aliphatic carbocycles. The van der Waals surface area contributed by atoms with Crippen LogP contribution in [0.25, 0.3) is 0 Å². The highest BCUT2D eigenvalue weighted by atomic mass is 35.5. The second kappa shape index (κ2) is 5.71. The standard InChI is InChI=1S/C15H19ClN2O2S/c1-2-21(20)9-8-18-13(11-4-3-5-12(16)10-11)17-15(6-7-15)14(18)19/h3-5,10,13,17H,2,6-9H2,1H3. The molecule has 21 heavy (non-hydrogen) atoms. The summed E-state index contributed by atoms with van der Waals surface area (Å²) in [6, 6.07) is 7.58. The van der Waals surface area contributed by atoms with Gasteiger partial charge in [0.15, 0.2) is 0 Å². The number of rotatable bonds is 5. The van der Waals surface area contributed by atoms with E-state index in [1.54, 1.807) is 0 Å². The lowest BCUT2D eigenvalue weighted by Crippen LogP contribution is -2.35. The molecule has 6 heteroatoms. The number of hydrogen-bond donors (Lipinski definition) is 1. The fourth-order valence-corrected chi connectivity index (χ4v) is 3.68. The fourth-order valence-electron chi connectivity index (χ4n) is 2.79. The van der Waals surface area contributed by atoms with Crippen LogP contribution in [0, 0.1) is 0 Å². The number of hydrogen-bond acceptors (Lipinski definition) is 3. The van der Waals surface area contributed by atoms with Crippen molar-refractivity contribution in [3.8, 4) is 0 Å². The van der Waals surface area contributed by atoms with Crippen molar-refractivity contribution >= 4 is 28.3 Å². The number of amides is 1. The van der Waals surface area contributed by atoms with Crippen molar-refractivity contribution in [2.75, 3.05) is 18.1 Å². The minimum Gasteiger partial charge on any atom is -0.320 e. The van der Waals surface area contributed by atoms with Gasteiger partial charge in [-0.3, -0.25) is 14.3 Å². The normalized spacial score (nSPS) is 24.6. The fraction of sp³-hybridized carbons (Fsp3) is 0.533. The number of benzene rings is 1. The molecule has 1 heterocycles. The highest BCUT2D eigenvalue weighted by molar-refractivity contribution is 7.84. The number of halogens is 1. The Bertz CT molecular complexity index is 589. The molecule has 2 aliphatic rings. The largest absolute Gasteiger partial charge is 0.320 e. The zero-order chi connectivity index (χ0) is 15.0. The van der Waals surface area contributed by atoms with Crippen LogP contribution in [0.4, 0.5) is 0 Å². The third-order valence-corrected chi connectivity index (χ3v) is 5.71. The zero-order valence-corrected chi connectivity index (χ0v) is 13.5. The van der Waals surface area contributed by atoms with E-state index in [1.165, 1.54) is 0 Å². The van der Waals surface area contributed by atoms with Gasteiger partial charge in [-0.15, -0.1) is 0 Å². The molecule has 1 saturated carbocycles. The van der Waals surface area contributed by atoms with Crippen molar-refractivity contribution in [1.82, 2.24) is 10.2 Å². The maximum absolute atomic E-state index is 12.6. The summed E-state index contributed by atoms with van der Waals surface area (Å²) in [6.45, 7) is 2.42. The molecule has 1 aliphatic heterocycles. The van der Waals surface area contributed by atoms with Gasteiger partial charge in [0.05, 0.1) is 0 Å². The summed E-state index contributed by atoms with van der Waals surface area (Å²) in [5.74, 6) is 1.29. The first-order valence-corrected chi connectivity index (χ1v) is 9.11. The molecule has 1 saturated heterocycles. The SMILES string of the molecule is CCS(=O)CCN1C(=O)C2(CC2)NC1c1cccc(Cl)c1. The first-order valence-electron chi connectivity index (χ1n) is 7.25. The van der Waals surface area contributed by atoms with Gasteiger partial charge in [-0.05, 0) is 30.5 Å². The van der Waals surface area contributed by atoms with Crippen molar-refractivity contribution in [2.24, 2.45) is 0 Å². The highest BCUT2D eigenvalue weighted by Gasteiger charge is 2.59. The Morgan fingerprint density at radius 2 is 2.24 bits per heavy atom. The van der Waals surface area contributed by atoms with Gasteiger partial charge < -0.3 is 4.90 Å². The quantitative estimate of drug-likeness (QED) is 0.901. The molecule has 1 spiro atoms.